The summed E-state index contributed by atoms with van der Waals surface area (Å²) >= 11 is 0. The van der Waals surface area contributed by atoms with Crippen molar-refractivity contribution in [3.05, 3.63) is 53.0 Å². The maximum absolute atomic E-state index is 13.5. The summed E-state index contributed by atoms with van der Waals surface area (Å²) in [5.74, 6) is 4.44. The van der Waals surface area contributed by atoms with E-state index in [1.807, 2.05) is 0 Å². The number of rotatable bonds is 3. The van der Waals surface area contributed by atoms with E-state index in [1.54, 1.807) is 18.2 Å². The van der Waals surface area contributed by atoms with E-state index in [0.29, 0.717) is 11.4 Å². The largest absolute Gasteiger partial charge is 0.306 e. The van der Waals surface area contributed by atoms with E-state index in [1.165, 1.54) is 13.0 Å². The quantitative estimate of drug-likeness (QED) is 0.645. The van der Waals surface area contributed by atoms with Crippen molar-refractivity contribution in [1.29, 1.82) is 0 Å². The normalized spacial score (nSPS) is 10.4. The summed E-state index contributed by atoms with van der Waals surface area (Å²) in [6.07, 6.45) is 0.183. The second-order valence-electron chi connectivity index (χ2n) is 3.80. The van der Waals surface area contributed by atoms with E-state index < -0.39 is 5.82 Å². The number of benzene rings is 1. The lowest BCUT2D eigenvalue weighted by molar-refractivity contribution is 0.596. The highest BCUT2D eigenvalue weighted by Gasteiger charge is 2.12. The van der Waals surface area contributed by atoms with E-state index in [0.717, 1.165) is 0 Å². The maximum Gasteiger partial charge on any atom is 0.187 e. The molecule has 3 N–H and O–H groups in total. The van der Waals surface area contributed by atoms with Crippen molar-refractivity contribution < 1.29 is 8.78 Å². The van der Waals surface area contributed by atoms with Gasteiger partial charge in [-0.25, -0.2) is 24.6 Å². The highest BCUT2D eigenvalue weighted by atomic mass is 19.1. The van der Waals surface area contributed by atoms with Crippen LogP contribution in [0.5, 0.6) is 0 Å². The van der Waals surface area contributed by atoms with Gasteiger partial charge in [0, 0.05) is 6.42 Å². The van der Waals surface area contributed by atoms with Crippen molar-refractivity contribution in [2.24, 2.45) is 5.84 Å². The minimum atomic E-state index is -0.602. The summed E-state index contributed by atoms with van der Waals surface area (Å²) in [5.41, 5.74) is 2.78. The Morgan fingerprint density at radius 2 is 1.94 bits per heavy atom. The van der Waals surface area contributed by atoms with Crippen molar-refractivity contribution >= 4 is 5.82 Å². The lowest BCUT2D eigenvalue weighted by Crippen LogP contribution is -2.14. The molecule has 4 nitrogen and oxygen atoms in total. The third-order valence-corrected chi connectivity index (χ3v) is 2.51. The van der Waals surface area contributed by atoms with Crippen LogP contribution in [0.25, 0.3) is 0 Å². The van der Waals surface area contributed by atoms with Crippen molar-refractivity contribution in [2.75, 3.05) is 5.43 Å². The molecule has 0 atom stereocenters. The van der Waals surface area contributed by atoms with Crippen LogP contribution < -0.4 is 11.3 Å². The van der Waals surface area contributed by atoms with Gasteiger partial charge in [-0.2, -0.15) is 0 Å². The van der Waals surface area contributed by atoms with Gasteiger partial charge in [-0.1, -0.05) is 18.2 Å². The zero-order valence-corrected chi connectivity index (χ0v) is 9.74. The molecule has 0 bridgehead atoms. The van der Waals surface area contributed by atoms with E-state index >= 15 is 0 Å². The van der Waals surface area contributed by atoms with Gasteiger partial charge in [0.25, 0.3) is 0 Å². The molecular weight excluding hydrogens is 238 g/mol. The predicted molar refractivity (Wildman–Crippen MR) is 63.7 cm³/mol. The zero-order chi connectivity index (χ0) is 13.1. The van der Waals surface area contributed by atoms with Gasteiger partial charge in [0.15, 0.2) is 11.6 Å². The van der Waals surface area contributed by atoms with Gasteiger partial charge in [-0.15, -0.1) is 0 Å². The van der Waals surface area contributed by atoms with Crippen molar-refractivity contribution in [1.82, 2.24) is 9.97 Å². The lowest BCUT2D eigenvalue weighted by Gasteiger charge is -2.07. The van der Waals surface area contributed by atoms with Crippen LogP contribution in [0.2, 0.25) is 0 Å². The number of hydrogen-bond donors (Lipinski definition) is 2. The number of nitrogens with zero attached hydrogens (tertiary/aromatic N) is 2. The van der Waals surface area contributed by atoms with Gasteiger partial charge in [0.05, 0.1) is 5.69 Å². The average Bonchev–Trinajstić information content (AvgIpc) is 2.36. The summed E-state index contributed by atoms with van der Waals surface area (Å²) < 4.78 is 26.9. The van der Waals surface area contributed by atoms with Gasteiger partial charge in [0.2, 0.25) is 0 Å². The van der Waals surface area contributed by atoms with Crippen LogP contribution in [-0.4, -0.2) is 9.97 Å². The van der Waals surface area contributed by atoms with Gasteiger partial charge < -0.3 is 5.43 Å². The lowest BCUT2D eigenvalue weighted by atomic mass is 10.1. The molecule has 1 aromatic heterocycles. The molecule has 0 fully saturated rings. The highest BCUT2D eigenvalue weighted by Crippen LogP contribution is 2.16. The predicted octanol–water partition coefficient (Wildman–Crippen LogP) is 1.94. The zero-order valence-electron chi connectivity index (χ0n) is 9.74. The Hall–Kier alpha value is -2.08. The molecule has 0 radical (unpaired) electrons. The van der Waals surface area contributed by atoms with Gasteiger partial charge in [-0.3, -0.25) is 0 Å². The summed E-state index contributed by atoms with van der Waals surface area (Å²) in [4.78, 5) is 7.87. The number of anilines is 1. The number of hydrazine groups is 1. The topological polar surface area (TPSA) is 63.8 Å². The average molecular weight is 250 g/mol. The van der Waals surface area contributed by atoms with Gasteiger partial charge in [-0.05, 0) is 18.6 Å². The molecule has 0 saturated carbocycles. The fourth-order valence-corrected chi connectivity index (χ4v) is 1.60. The molecule has 0 saturated heterocycles. The van der Waals surface area contributed by atoms with Crippen LogP contribution in [-0.2, 0) is 6.42 Å². The van der Waals surface area contributed by atoms with Crippen LogP contribution in [0.3, 0.4) is 0 Å². The molecule has 0 aliphatic carbocycles. The molecule has 0 amide bonds. The number of nitrogen functional groups attached to an aromatic ring is 1. The number of aryl methyl sites for hydroxylation is 1. The first-order valence-electron chi connectivity index (χ1n) is 5.35. The summed E-state index contributed by atoms with van der Waals surface area (Å²) in [6, 6.07) is 6.31. The molecule has 0 aliphatic rings. The summed E-state index contributed by atoms with van der Waals surface area (Å²) in [7, 11) is 0. The van der Waals surface area contributed by atoms with E-state index in [-0.39, 0.29) is 23.7 Å². The molecule has 2 aromatic rings. The minimum absolute atomic E-state index is 0.0890. The molecule has 0 spiro atoms. The van der Waals surface area contributed by atoms with E-state index in [2.05, 4.69) is 15.4 Å². The molecule has 1 aromatic carbocycles. The van der Waals surface area contributed by atoms with Crippen LogP contribution in [0.1, 0.15) is 17.1 Å². The number of nitrogens with one attached hydrogen (secondary N) is 1. The Kier molecular flexibility index (Phi) is 3.47. The van der Waals surface area contributed by atoms with Crippen molar-refractivity contribution in [3.8, 4) is 0 Å². The maximum atomic E-state index is 13.5. The molecule has 94 valence electrons. The molecule has 1 heterocycles. The molecular formula is C12H12F2N4. The summed E-state index contributed by atoms with van der Waals surface area (Å²) in [6.45, 7) is 1.50. The fraction of sp³-hybridized carbons (Fsp3) is 0.167. The van der Waals surface area contributed by atoms with Gasteiger partial charge in [0.1, 0.15) is 11.6 Å². The third kappa shape index (κ3) is 2.43. The fourth-order valence-electron chi connectivity index (χ4n) is 1.60. The Bertz CT molecular complexity index is 572. The van der Waals surface area contributed by atoms with Crippen molar-refractivity contribution in [3.63, 3.8) is 0 Å². The Morgan fingerprint density at radius 3 is 2.61 bits per heavy atom. The van der Waals surface area contributed by atoms with Gasteiger partial charge >= 0.3 is 0 Å². The first-order valence-corrected chi connectivity index (χ1v) is 5.35. The molecule has 6 heteroatoms. The van der Waals surface area contributed by atoms with Crippen molar-refractivity contribution in [2.45, 2.75) is 13.3 Å². The first-order chi connectivity index (χ1) is 8.61. The molecule has 0 unspecified atom stereocenters. The van der Waals surface area contributed by atoms with Crippen LogP contribution in [0.15, 0.2) is 24.3 Å². The van der Waals surface area contributed by atoms with E-state index in [9.17, 15) is 8.78 Å². The SMILES string of the molecule is Cc1nc(Cc2ccccc2F)nc(NN)c1F. The number of aromatic nitrogens is 2. The summed E-state index contributed by atoms with van der Waals surface area (Å²) in [5, 5.41) is 0. The van der Waals surface area contributed by atoms with Crippen LogP contribution >= 0.6 is 0 Å². The standard InChI is InChI=1S/C12H12F2N4/c1-7-11(14)12(18-15)17-10(16-7)6-8-4-2-3-5-9(8)13/h2-5H,6,15H2,1H3,(H,16,17,18). The molecule has 18 heavy (non-hydrogen) atoms. The number of hydrogen-bond acceptors (Lipinski definition) is 4. The Morgan fingerprint density at radius 1 is 1.22 bits per heavy atom. The smallest absolute Gasteiger partial charge is 0.187 e. The first kappa shape index (κ1) is 12.4. The molecule has 2 rings (SSSR count). The minimum Gasteiger partial charge on any atom is -0.306 e. The highest BCUT2D eigenvalue weighted by molar-refractivity contribution is 5.37. The Balaban J connectivity index is 2.36. The molecule has 0 aliphatic heterocycles. The van der Waals surface area contributed by atoms with E-state index in [4.69, 9.17) is 5.84 Å². The second-order valence-corrected chi connectivity index (χ2v) is 3.80. The second kappa shape index (κ2) is 5.05. The van der Waals surface area contributed by atoms with Crippen LogP contribution in [0.4, 0.5) is 14.6 Å². The number of halogens is 2. The number of nitrogens with two attached hydrogens (primary N) is 1. The Labute approximate surface area is 103 Å². The van der Waals surface area contributed by atoms with Crippen LogP contribution in [0, 0.1) is 18.6 Å². The third-order valence-electron chi connectivity index (χ3n) is 2.51. The monoisotopic (exact) mass is 250 g/mol.